The summed E-state index contributed by atoms with van der Waals surface area (Å²) in [5, 5.41) is 2.77. The highest BCUT2D eigenvalue weighted by molar-refractivity contribution is 5.99. The van der Waals surface area contributed by atoms with Gasteiger partial charge in [0.15, 0.2) is 6.61 Å². The lowest BCUT2D eigenvalue weighted by Gasteiger charge is -2.28. The highest BCUT2D eigenvalue weighted by Crippen LogP contribution is 2.24. The molecule has 31 heavy (non-hydrogen) atoms. The van der Waals surface area contributed by atoms with Gasteiger partial charge in [0.1, 0.15) is 0 Å². The summed E-state index contributed by atoms with van der Waals surface area (Å²) < 4.78 is 10.6. The van der Waals surface area contributed by atoms with E-state index in [1.54, 1.807) is 12.1 Å². The molecule has 158 valence electrons. The number of benzene rings is 3. The Hall–Kier alpha value is -3.64. The summed E-state index contributed by atoms with van der Waals surface area (Å²) in [6.07, 6.45) is 0. The van der Waals surface area contributed by atoms with Gasteiger partial charge in [-0.15, -0.1) is 0 Å². The molecule has 0 saturated carbocycles. The van der Waals surface area contributed by atoms with Gasteiger partial charge in [-0.25, -0.2) is 4.79 Å². The van der Waals surface area contributed by atoms with Gasteiger partial charge in [-0.1, -0.05) is 48.5 Å². The molecule has 1 saturated heterocycles. The number of anilines is 2. The van der Waals surface area contributed by atoms with Gasteiger partial charge in [0.2, 0.25) is 0 Å². The van der Waals surface area contributed by atoms with E-state index in [0.29, 0.717) is 11.3 Å². The van der Waals surface area contributed by atoms with Gasteiger partial charge in [0.05, 0.1) is 18.8 Å². The van der Waals surface area contributed by atoms with Gasteiger partial charge < -0.3 is 19.7 Å². The van der Waals surface area contributed by atoms with Crippen molar-refractivity contribution in [1.82, 2.24) is 0 Å². The van der Waals surface area contributed by atoms with Gasteiger partial charge in [-0.2, -0.15) is 0 Å². The van der Waals surface area contributed by atoms with Crippen molar-refractivity contribution in [2.45, 2.75) is 0 Å². The van der Waals surface area contributed by atoms with Crippen molar-refractivity contribution in [2.24, 2.45) is 0 Å². The fourth-order valence-corrected chi connectivity index (χ4v) is 3.51. The molecule has 4 rings (SSSR count). The third-order valence-corrected chi connectivity index (χ3v) is 5.09. The highest BCUT2D eigenvalue weighted by atomic mass is 16.5. The lowest BCUT2D eigenvalue weighted by atomic mass is 10.00. The zero-order chi connectivity index (χ0) is 21.5. The van der Waals surface area contributed by atoms with Crippen molar-refractivity contribution >= 4 is 23.3 Å². The number of carbonyl (C=O) groups is 2. The Labute approximate surface area is 181 Å². The summed E-state index contributed by atoms with van der Waals surface area (Å²) in [6.45, 7) is 2.79. The molecule has 3 aromatic carbocycles. The largest absolute Gasteiger partial charge is 0.452 e. The molecule has 0 aromatic heterocycles. The molecule has 1 aliphatic rings. The normalized spacial score (nSPS) is 13.5. The van der Waals surface area contributed by atoms with E-state index in [1.165, 1.54) is 0 Å². The van der Waals surface area contributed by atoms with Crippen LogP contribution in [0.3, 0.4) is 0 Å². The van der Waals surface area contributed by atoms with Crippen LogP contribution in [0, 0.1) is 0 Å². The first-order valence-corrected chi connectivity index (χ1v) is 10.2. The average Bonchev–Trinajstić information content (AvgIpc) is 2.84. The summed E-state index contributed by atoms with van der Waals surface area (Å²) in [5.74, 6) is -0.915. The minimum atomic E-state index is -0.530. The lowest BCUT2D eigenvalue weighted by Crippen LogP contribution is -2.36. The predicted molar refractivity (Wildman–Crippen MR) is 120 cm³/mol. The van der Waals surface area contributed by atoms with Crippen LogP contribution >= 0.6 is 0 Å². The zero-order valence-electron chi connectivity index (χ0n) is 17.1. The Morgan fingerprint density at radius 3 is 2.29 bits per heavy atom. The van der Waals surface area contributed by atoms with Crippen molar-refractivity contribution in [1.29, 1.82) is 0 Å². The van der Waals surface area contributed by atoms with E-state index in [2.05, 4.69) is 10.2 Å². The first-order chi connectivity index (χ1) is 15.2. The molecule has 0 spiro atoms. The smallest absolute Gasteiger partial charge is 0.339 e. The highest BCUT2D eigenvalue weighted by Gasteiger charge is 2.16. The maximum absolute atomic E-state index is 12.6. The predicted octanol–water partition coefficient (Wildman–Crippen LogP) is 3.99. The molecule has 1 aliphatic heterocycles. The fraction of sp³-hybridized carbons (Fsp3) is 0.200. The number of nitrogens with zero attached hydrogens (tertiary/aromatic N) is 1. The zero-order valence-corrected chi connectivity index (χ0v) is 17.1. The maximum Gasteiger partial charge on any atom is 0.339 e. The van der Waals surface area contributed by atoms with E-state index >= 15 is 0 Å². The van der Waals surface area contributed by atoms with Crippen LogP contribution in [0.4, 0.5) is 11.4 Å². The number of rotatable bonds is 6. The van der Waals surface area contributed by atoms with Crippen molar-refractivity contribution in [2.75, 3.05) is 43.1 Å². The van der Waals surface area contributed by atoms with E-state index in [0.717, 1.165) is 43.1 Å². The average molecular weight is 416 g/mol. The van der Waals surface area contributed by atoms with E-state index in [9.17, 15) is 9.59 Å². The minimum Gasteiger partial charge on any atom is -0.452 e. The minimum absolute atomic E-state index is 0.354. The summed E-state index contributed by atoms with van der Waals surface area (Å²) in [6, 6.07) is 24.4. The molecule has 3 aromatic rings. The number of nitrogens with one attached hydrogen (secondary N) is 1. The summed E-state index contributed by atoms with van der Waals surface area (Å²) >= 11 is 0. The SMILES string of the molecule is O=C(COC(=O)c1ccccc1-c1ccccc1)Nc1ccc(N2CCOCC2)cc1. The monoisotopic (exact) mass is 416 g/mol. The van der Waals surface area contributed by atoms with Crippen LogP contribution in [-0.2, 0) is 14.3 Å². The molecule has 0 bridgehead atoms. The second-order valence-corrected chi connectivity index (χ2v) is 7.18. The number of ether oxygens (including phenoxy) is 2. The number of esters is 1. The van der Waals surface area contributed by atoms with Crippen molar-refractivity contribution < 1.29 is 19.1 Å². The van der Waals surface area contributed by atoms with Crippen molar-refractivity contribution in [3.8, 4) is 11.1 Å². The number of morpholine rings is 1. The molecule has 6 nitrogen and oxygen atoms in total. The Kier molecular flexibility index (Phi) is 6.59. The van der Waals surface area contributed by atoms with Gasteiger partial charge in [0, 0.05) is 24.5 Å². The maximum atomic E-state index is 12.6. The van der Waals surface area contributed by atoms with E-state index in [1.807, 2.05) is 66.7 Å². The summed E-state index contributed by atoms with van der Waals surface area (Å²) in [7, 11) is 0. The molecular formula is C25H24N2O4. The van der Waals surface area contributed by atoms with Gasteiger partial charge in [0.25, 0.3) is 5.91 Å². The molecule has 1 fully saturated rings. The molecule has 6 heteroatoms. The number of hydrogen-bond donors (Lipinski definition) is 1. The van der Waals surface area contributed by atoms with Crippen LogP contribution in [-0.4, -0.2) is 44.8 Å². The number of hydrogen-bond acceptors (Lipinski definition) is 5. The molecular weight excluding hydrogens is 392 g/mol. The standard InChI is InChI=1S/C25H24N2O4/c28-24(26-20-10-12-21(13-11-20)27-14-16-30-17-15-27)18-31-25(29)23-9-5-4-8-22(23)19-6-2-1-3-7-19/h1-13H,14-18H2,(H,26,28). The molecule has 1 amide bonds. The third-order valence-electron chi connectivity index (χ3n) is 5.09. The quantitative estimate of drug-likeness (QED) is 0.616. The van der Waals surface area contributed by atoms with Crippen LogP contribution in [0.25, 0.3) is 11.1 Å². The van der Waals surface area contributed by atoms with Crippen molar-refractivity contribution in [3.63, 3.8) is 0 Å². The summed E-state index contributed by atoms with van der Waals surface area (Å²) in [5.41, 5.74) is 3.86. The second-order valence-electron chi connectivity index (χ2n) is 7.18. The van der Waals surface area contributed by atoms with Gasteiger partial charge in [-0.05, 0) is 41.5 Å². The van der Waals surface area contributed by atoms with Crippen LogP contribution in [0.15, 0.2) is 78.9 Å². The lowest BCUT2D eigenvalue weighted by molar-refractivity contribution is -0.119. The molecule has 0 radical (unpaired) electrons. The van der Waals surface area contributed by atoms with Crippen molar-refractivity contribution in [3.05, 3.63) is 84.4 Å². The first kappa shape index (κ1) is 20.6. The van der Waals surface area contributed by atoms with E-state index < -0.39 is 5.97 Å². The Balaban J connectivity index is 1.34. The van der Waals surface area contributed by atoms with Crippen LogP contribution < -0.4 is 10.2 Å². The van der Waals surface area contributed by atoms with Crippen LogP contribution in [0.1, 0.15) is 10.4 Å². The molecule has 0 unspecified atom stereocenters. The molecule has 0 aliphatic carbocycles. The molecule has 1 heterocycles. The van der Waals surface area contributed by atoms with E-state index in [-0.39, 0.29) is 12.5 Å². The fourth-order valence-electron chi connectivity index (χ4n) is 3.51. The van der Waals surface area contributed by atoms with Crippen LogP contribution in [0.2, 0.25) is 0 Å². The molecule has 0 atom stereocenters. The number of amides is 1. The van der Waals surface area contributed by atoms with Gasteiger partial charge >= 0.3 is 5.97 Å². The Bertz CT molecular complexity index is 1030. The van der Waals surface area contributed by atoms with Gasteiger partial charge in [-0.3, -0.25) is 4.79 Å². The number of carbonyl (C=O) groups excluding carboxylic acids is 2. The van der Waals surface area contributed by atoms with Crippen LogP contribution in [0.5, 0.6) is 0 Å². The Morgan fingerprint density at radius 1 is 0.871 bits per heavy atom. The first-order valence-electron chi connectivity index (χ1n) is 10.2. The topological polar surface area (TPSA) is 67.9 Å². The third kappa shape index (κ3) is 5.29. The summed E-state index contributed by atoms with van der Waals surface area (Å²) in [4.78, 5) is 27.1. The molecule has 1 N–H and O–H groups in total. The van der Waals surface area contributed by atoms with E-state index in [4.69, 9.17) is 9.47 Å². The Morgan fingerprint density at radius 2 is 1.55 bits per heavy atom. The second kappa shape index (κ2) is 9.91.